The topological polar surface area (TPSA) is 71.0 Å². The number of nitrogens with one attached hydrogen (secondary N) is 1. The number of likely N-dealkylation sites (N-methyl/N-ethyl adjacent to an activating group) is 1. The maximum Gasteiger partial charge on any atom is 0.161 e. The van der Waals surface area contributed by atoms with Crippen molar-refractivity contribution < 1.29 is 19.4 Å². The van der Waals surface area contributed by atoms with E-state index in [0.29, 0.717) is 13.2 Å². The van der Waals surface area contributed by atoms with Gasteiger partial charge in [0.15, 0.2) is 11.5 Å². The van der Waals surface area contributed by atoms with E-state index in [1.54, 1.807) is 0 Å². The van der Waals surface area contributed by atoms with Crippen LogP contribution >= 0.6 is 0 Å². The molecule has 6 nitrogen and oxygen atoms in total. The molecular formula is C24H40N2O4. The molecule has 2 atom stereocenters. The first-order valence-corrected chi connectivity index (χ1v) is 11.6. The van der Waals surface area contributed by atoms with E-state index >= 15 is 0 Å². The van der Waals surface area contributed by atoms with Crippen molar-refractivity contribution in [2.45, 2.75) is 70.4 Å². The lowest BCUT2D eigenvalue weighted by molar-refractivity contribution is -0.107. The second kappa shape index (κ2) is 14.4. The van der Waals surface area contributed by atoms with Crippen LogP contribution in [0, 0.1) is 0 Å². The Labute approximate surface area is 181 Å². The number of carbonyl (C=O) groups excluding carboxylic acids is 1. The van der Waals surface area contributed by atoms with Crippen LogP contribution in [0.4, 0.5) is 0 Å². The van der Waals surface area contributed by atoms with Crippen molar-refractivity contribution in [1.29, 1.82) is 0 Å². The summed E-state index contributed by atoms with van der Waals surface area (Å²) in [6, 6.07) is 5.72. The highest BCUT2D eigenvalue weighted by Gasteiger charge is 2.25. The summed E-state index contributed by atoms with van der Waals surface area (Å²) in [6.45, 7) is 6.47. The Hall–Kier alpha value is -1.63. The minimum atomic E-state index is -0.550. The van der Waals surface area contributed by atoms with Crippen LogP contribution in [-0.4, -0.2) is 62.2 Å². The van der Waals surface area contributed by atoms with Crippen LogP contribution in [0.15, 0.2) is 18.2 Å². The number of carbonyl (C=O) groups is 1. The third-order valence-corrected chi connectivity index (χ3v) is 5.74. The van der Waals surface area contributed by atoms with Crippen molar-refractivity contribution in [2.75, 3.05) is 39.9 Å². The number of unbranched alkanes of at least 4 members (excludes halogenated alkanes) is 5. The lowest BCUT2D eigenvalue weighted by Crippen LogP contribution is -2.42. The second-order valence-corrected chi connectivity index (χ2v) is 8.12. The Morgan fingerprint density at radius 1 is 1.10 bits per heavy atom. The normalized spacial score (nSPS) is 17.7. The zero-order valence-corrected chi connectivity index (χ0v) is 18.8. The van der Waals surface area contributed by atoms with Gasteiger partial charge in [0, 0.05) is 19.0 Å². The molecule has 0 aromatic heterocycles. The number of rotatable bonds is 11. The van der Waals surface area contributed by atoms with Gasteiger partial charge in [-0.15, -0.1) is 0 Å². The second-order valence-electron chi connectivity index (χ2n) is 8.12. The Morgan fingerprint density at radius 2 is 1.80 bits per heavy atom. The zero-order valence-electron chi connectivity index (χ0n) is 18.8. The lowest BCUT2D eigenvalue weighted by Gasteiger charge is -2.28. The summed E-state index contributed by atoms with van der Waals surface area (Å²) in [5, 5.41) is 13.9. The van der Waals surface area contributed by atoms with E-state index in [2.05, 4.69) is 17.1 Å². The Morgan fingerprint density at radius 3 is 2.47 bits per heavy atom. The summed E-state index contributed by atoms with van der Waals surface area (Å²) in [4.78, 5) is 12.2. The minimum absolute atomic E-state index is 0.0191. The number of ether oxygens (including phenoxy) is 2. The molecule has 2 heterocycles. The summed E-state index contributed by atoms with van der Waals surface area (Å²) >= 11 is 0. The fourth-order valence-electron chi connectivity index (χ4n) is 3.90. The molecule has 2 aliphatic rings. The molecule has 1 saturated heterocycles. The third kappa shape index (κ3) is 8.25. The number of aldehydes is 1. The maximum atomic E-state index is 10.7. The highest BCUT2D eigenvalue weighted by atomic mass is 16.6. The van der Waals surface area contributed by atoms with Crippen molar-refractivity contribution in [3.8, 4) is 11.5 Å². The van der Waals surface area contributed by atoms with Gasteiger partial charge in [-0.25, -0.2) is 0 Å². The molecule has 0 bridgehead atoms. The largest absolute Gasteiger partial charge is 0.486 e. The van der Waals surface area contributed by atoms with Crippen LogP contribution in [0.5, 0.6) is 11.5 Å². The van der Waals surface area contributed by atoms with Gasteiger partial charge in [0.25, 0.3) is 0 Å². The van der Waals surface area contributed by atoms with Gasteiger partial charge in [0.1, 0.15) is 19.5 Å². The quantitative estimate of drug-likeness (QED) is 0.420. The molecule has 6 heteroatoms. The Balaban J connectivity index is 0.000000303. The molecule has 1 aromatic carbocycles. The molecule has 2 unspecified atom stereocenters. The Kier molecular flexibility index (Phi) is 11.8. The van der Waals surface area contributed by atoms with Gasteiger partial charge in [-0.05, 0) is 57.1 Å². The highest BCUT2D eigenvalue weighted by Crippen LogP contribution is 2.33. The fraction of sp³-hybridized carbons (Fsp3) is 0.708. The van der Waals surface area contributed by atoms with Crippen LogP contribution in [0.3, 0.4) is 0 Å². The molecule has 0 radical (unpaired) electrons. The summed E-state index contributed by atoms with van der Waals surface area (Å²) in [5.74, 6) is 1.49. The van der Waals surface area contributed by atoms with E-state index in [4.69, 9.17) is 9.47 Å². The van der Waals surface area contributed by atoms with Crippen molar-refractivity contribution in [1.82, 2.24) is 10.2 Å². The van der Waals surface area contributed by atoms with Crippen molar-refractivity contribution >= 4 is 6.29 Å². The predicted octanol–water partition coefficient (Wildman–Crippen LogP) is 3.72. The van der Waals surface area contributed by atoms with Gasteiger partial charge in [0.05, 0.1) is 6.10 Å². The van der Waals surface area contributed by atoms with Crippen LogP contribution in [0.1, 0.15) is 70.0 Å². The number of fused-ring (bicyclic) bond motifs is 1. The number of hydrogen-bond donors (Lipinski definition) is 2. The first-order chi connectivity index (χ1) is 14.7. The SMILES string of the molecule is CCCCCCCC=O.CNC(CN1CCCC1)C(O)c1ccc2c(c1)OCCO2. The Bertz CT molecular complexity index is 605. The van der Waals surface area contributed by atoms with Crippen LogP contribution < -0.4 is 14.8 Å². The van der Waals surface area contributed by atoms with Gasteiger partial charge in [-0.3, -0.25) is 0 Å². The van der Waals surface area contributed by atoms with Crippen molar-refractivity contribution in [3.63, 3.8) is 0 Å². The first kappa shape index (κ1) is 24.6. The highest BCUT2D eigenvalue weighted by molar-refractivity contribution is 5.48. The minimum Gasteiger partial charge on any atom is -0.486 e. The molecule has 3 rings (SSSR count). The smallest absolute Gasteiger partial charge is 0.161 e. The van der Waals surface area contributed by atoms with Gasteiger partial charge in [-0.1, -0.05) is 38.7 Å². The number of aliphatic hydroxyl groups is 1. The van der Waals surface area contributed by atoms with E-state index in [0.717, 1.165) is 55.8 Å². The molecule has 1 aromatic rings. The fourth-order valence-corrected chi connectivity index (χ4v) is 3.90. The molecule has 0 aliphatic carbocycles. The van der Waals surface area contributed by atoms with E-state index < -0.39 is 6.10 Å². The molecule has 2 N–H and O–H groups in total. The maximum absolute atomic E-state index is 10.7. The van der Waals surface area contributed by atoms with Gasteiger partial charge < -0.3 is 29.6 Å². The molecule has 0 saturated carbocycles. The number of benzene rings is 1. The van der Waals surface area contributed by atoms with Gasteiger partial charge in [0.2, 0.25) is 0 Å². The monoisotopic (exact) mass is 420 g/mol. The van der Waals surface area contributed by atoms with Crippen molar-refractivity contribution in [3.05, 3.63) is 23.8 Å². The molecule has 2 aliphatic heterocycles. The predicted molar refractivity (Wildman–Crippen MR) is 120 cm³/mol. The standard InChI is InChI=1S/C16H24N2O3.C8H16O/c1-17-13(11-18-6-2-3-7-18)16(19)12-4-5-14-15(10-12)21-9-8-20-14;1-2-3-4-5-6-7-8-9/h4-5,10,13,16-17,19H,2-3,6-9,11H2,1H3;8H,2-7H2,1H3. The molecule has 30 heavy (non-hydrogen) atoms. The summed E-state index contributed by atoms with van der Waals surface area (Å²) in [7, 11) is 1.90. The molecule has 1 fully saturated rings. The average molecular weight is 421 g/mol. The first-order valence-electron chi connectivity index (χ1n) is 11.6. The van der Waals surface area contributed by atoms with E-state index in [1.807, 2.05) is 25.2 Å². The van der Waals surface area contributed by atoms with E-state index in [-0.39, 0.29) is 6.04 Å². The van der Waals surface area contributed by atoms with Gasteiger partial charge >= 0.3 is 0 Å². The summed E-state index contributed by atoms with van der Waals surface area (Å²) in [5.41, 5.74) is 0.873. The third-order valence-electron chi connectivity index (χ3n) is 5.74. The van der Waals surface area contributed by atoms with Crippen molar-refractivity contribution in [2.24, 2.45) is 0 Å². The zero-order chi connectivity index (χ0) is 21.6. The lowest BCUT2D eigenvalue weighted by atomic mass is 10.0. The average Bonchev–Trinajstić information content (AvgIpc) is 3.30. The van der Waals surface area contributed by atoms with Gasteiger partial charge in [-0.2, -0.15) is 0 Å². The van der Waals surface area contributed by atoms with E-state index in [1.165, 1.54) is 38.5 Å². The van der Waals surface area contributed by atoms with E-state index in [9.17, 15) is 9.90 Å². The number of likely N-dealkylation sites (tertiary alicyclic amines) is 1. The van der Waals surface area contributed by atoms with Crippen LogP contribution in [0.25, 0.3) is 0 Å². The molecule has 0 spiro atoms. The molecular weight excluding hydrogens is 380 g/mol. The summed E-state index contributed by atoms with van der Waals surface area (Å²) < 4.78 is 11.1. The summed E-state index contributed by atoms with van der Waals surface area (Å²) in [6.07, 6.45) is 9.94. The number of hydrogen-bond acceptors (Lipinski definition) is 6. The molecule has 170 valence electrons. The number of aliphatic hydroxyl groups excluding tert-OH is 1. The molecule has 0 amide bonds. The van der Waals surface area contributed by atoms with Crippen LogP contribution in [-0.2, 0) is 4.79 Å². The van der Waals surface area contributed by atoms with Crippen LogP contribution in [0.2, 0.25) is 0 Å². The number of nitrogens with zero attached hydrogens (tertiary/aromatic N) is 1.